The lowest BCUT2D eigenvalue weighted by atomic mass is 9.62. The third kappa shape index (κ3) is 2.86. The highest BCUT2D eigenvalue weighted by Gasteiger charge is 2.21. The van der Waals surface area contributed by atoms with E-state index in [0.717, 1.165) is 19.2 Å². The molecule has 0 aliphatic heterocycles. The first-order valence-electron chi connectivity index (χ1n) is 6.00. The Kier molecular flexibility index (Phi) is 4.20. The van der Waals surface area contributed by atoms with Gasteiger partial charge in [0, 0.05) is 6.07 Å². The summed E-state index contributed by atoms with van der Waals surface area (Å²) in [4.78, 5) is 0. The molecular formula is C14H10BF5O. The van der Waals surface area contributed by atoms with Gasteiger partial charge in [0.2, 0.25) is 7.28 Å². The van der Waals surface area contributed by atoms with Crippen molar-refractivity contribution in [2.24, 2.45) is 0 Å². The van der Waals surface area contributed by atoms with Crippen molar-refractivity contribution in [1.82, 2.24) is 0 Å². The fourth-order valence-electron chi connectivity index (χ4n) is 2.08. The van der Waals surface area contributed by atoms with Crippen molar-refractivity contribution in [1.29, 1.82) is 0 Å². The van der Waals surface area contributed by atoms with E-state index in [4.69, 9.17) is 4.74 Å². The molecule has 110 valence electrons. The normalized spacial score (nSPS) is 10.6. The molecule has 1 nitrogen and oxygen atoms in total. The largest absolute Gasteiger partial charge is 0.494 e. The van der Waals surface area contributed by atoms with E-state index >= 15 is 0 Å². The summed E-state index contributed by atoms with van der Waals surface area (Å²) in [6, 6.07) is 2.30. The van der Waals surface area contributed by atoms with E-state index in [0.29, 0.717) is 6.07 Å². The lowest BCUT2D eigenvalue weighted by Crippen LogP contribution is -2.35. The van der Waals surface area contributed by atoms with Gasteiger partial charge in [0.05, 0.1) is 7.11 Å². The second kappa shape index (κ2) is 5.75. The second-order valence-corrected chi connectivity index (χ2v) is 4.54. The van der Waals surface area contributed by atoms with Gasteiger partial charge in [-0.1, -0.05) is 0 Å². The molecule has 0 heterocycles. The molecule has 2 aromatic carbocycles. The smallest absolute Gasteiger partial charge is 0.205 e. The van der Waals surface area contributed by atoms with Crippen LogP contribution < -0.4 is 15.7 Å². The maximum absolute atomic E-state index is 13.8. The first kappa shape index (κ1) is 15.3. The highest BCUT2D eigenvalue weighted by atomic mass is 19.2. The van der Waals surface area contributed by atoms with Crippen LogP contribution in [0.5, 0.6) is 5.75 Å². The van der Waals surface area contributed by atoms with Crippen molar-refractivity contribution in [2.45, 2.75) is 6.92 Å². The topological polar surface area (TPSA) is 9.23 Å². The molecule has 0 saturated carbocycles. The average molecular weight is 300 g/mol. The van der Waals surface area contributed by atoms with Crippen LogP contribution in [-0.2, 0) is 0 Å². The molecule has 0 fully saturated rings. The van der Waals surface area contributed by atoms with Gasteiger partial charge >= 0.3 is 0 Å². The SMILES string of the molecule is COc1c(F)cc(F)cc1Bc1c(F)cc(C)c(F)c1F. The molecule has 0 N–H and O–H groups in total. The molecule has 0 aliphatic rings. The number of rotatable bonds is 3. The lowest BCUT2D eigenvalue weighted by Gasteiger charge is -2.11. The van der Waals surface area contributed by atoms with Gasteiger partial charge in [0.1, 0.15) is 17.4 Å². The van der Waals surface area contributed by atoms with Crippen molar-refractivity contribution in [2.75, 3.05) is 7.11 Å². The van der Waals surface area contributed by atoms with Gasteiger partial charge in [-0.3, -0.25) is 0 Å². The number of hydrogen-bond acceptors (Lipinski definition) is 1. The van der Waals surface area contributed by atoms with Crippen LogP contribution in [0.4, 0.5) is 22.0 Å². The number of ether oxygens (including phenoxy) is 1. The molecule has 0 saturated heterocycles. The molecule has 0 spiro atoms. The van der Waals surface area contributed by atoms with Gasteiger partial charge < -0.3 is 4.74 Å². The van der Waals surface area contributed by atoms with E-state index in [1.807, 2.05) is 0 Å². The zero-order chi connectivity index (χ0) is 15.7. The monoisotopic (exact) mass is 300 g/mol. The first-order valence-corrected chi connectivity index (χ1v) is 6.00. The third-order valence-corrected chi connectivity index (χ3v) is 3.09. The van der Waals surface area contributed by atoms with Crippen LogP contribution in [0.25, 0.3) is 0 Å². The number of hydrogen-bond donors (Lipinski definition) is 0. The minimum Gasteiger partial charge on any atom is -0.494 e. The Morgan fingerprint density at radius 1 is 0.905 bits per heavy atom. The molecule has 0 unspecified atom stereocenters. The summed E-state index contributed by atoms with van der Waals surface area (Å²) in [5.41, 5.74) is -0.913. The van der Waals surface area contributed by atoms with E-state index in [1.165, 1.54) is 6.92 Å². The molecule has 0 atom stereocenters. The molecule has 21 heavy (non-hydrogen) atoms. The molecule has 7 heteroatoms. The van der Waals surface area contributed by atoms with E-state index in [1.54, 1.807) is 0 Å². The first-order chi connectivity index (χ1) is 9.85. The molecular weight excluding hydrogens is 290 g/mol. The molecule has 0 aromatic heterocycles. The van der Waals surface area contributed by atoms with Gasteiger partial charge in [0.25, 0.3) is 0 Å². The van der Waals surface area contributed by atoms with Crippen molar-refractivity contribution >= 4 is 18.2 Å². The van der Waals surface area contributed by atoms with Crippen LogP contribution in [0.15, 0.2) is 18.2 Å². The minimum atomic E-state index is -1.38. The van der Waals surface area contributed by atoms with E-state index in [9.17, 15) is 22.0 Å². The number of benzene rings is 2. The molecule has 2 aromatic rings. The van der Waals surface area contributed by atoms with Crippen molar-refractivity contribution in [3.05, 3.63) is 52.8 Å². The van der Waals surface area contributed by atoms with E-state index in [-0.39, 0.29) is 16.8 Å². The summed E-state index contributed by atoms with van der Waals surface area (Å²) in [6.07, 6.45) is 0. The highest BCUT2D eigenvalue weighted by molar-refractivity contribution is 6.68. The Bertz CT molecular complexity index is 702. The van der Waals surface area contributed by atoms with Gasteiger partial charge in [-0.15, -0.1) is 0 Å². The molecule has 2 rings (SSSR count). The summed E-state index contributed by atoms with van der Waals surface area (Å²) < 4.78 is 72.6. The maximum atomic E-state index is 13.8. The van der Waals surface area contributed by atoms with Crippen LogP contribution in [0.2, 0.25) is 0 Å². The second-order valence-electron chi connectivity index (χ2n) is 4.54. The number of halogens is 5. The summed E-state index contributed by atoms with van der Waals surface area (Å²) in [5.74, 6) is -5.81. The van der Waals surface area contributed by atoms with Crippen LogP contribution in [0.1, 0.15) is 5.56 Å². The minimum absolute atomic E-state index is 0.115. The van der Waals surface area contributed by atoms with Crippen molar-refractivity contribution < 1.29 is 26.7 Å². The van der Waals surface area contributed by atoms with E-state index in [2.05, 4.69) is 0 Å². The Morgan fingerprint density at radius 3 is 2.19 bits per heavy atom. The molecule has 0 radical (unpaired) electrons. The average Bonchev–Trinajstić information content (AvgIpc) is 2.41. The number of methoxy groups -OCH3 is 1. The summed E-state index contributed by atoms with van der Waals surface area (Å²) in [7, 11) is 0.606. The maximum Gasteiger partial charge on any atom is 0.205 e. The predicted molar refractivity (Wildman–Crippen MR) is 70.4 cm³/mol. The molecule has 0 amide bonds. The summed E-state index contributed by atoms with van der Waals surface area (Å²) >= 11 is 0. The summed E-state index contributed by atoms with van der Waals surface area (Å²) in [6.45, 7) is 1.22. The Balaban J connectivity index is 2.56. The Labute approximate surface area is 118 Å². The fourth-order valence-corrected chi connectivity index (χ4v) is 2.08. The summed E-state index contributed by atoms with van der Waals surface area (Å²) in [5, 5.41) is 0. The Morgan fingerprint density at radius 2 is 1.57 bits per heavy atom. The van der Waals surface area contributed by atoms with Crippen LogP contribution >= 0.6 is 0 Å². The lowest BCUT2D eigenvalue weighted by molar-refractivity contribution is 0.388. The van der Waals surface area contributed by atoms with Crippen molar-refractivity contribution in [3.63, 3.8) is 0 Å². The third-order valence-electron chi connectivity index (χ3n) is 3.09. The molecule has 0 bridgehead atoms. The van der Waals surface area contributed by atoms with Crippen LogP contribution in [0.3, 0.4) is 0 Å². The zero-order valence-corrected chi connectivity index (χ0v) is 11.2. The number of aryl methyl sites for hydroxylation is 1. The van der Waals surface area contributed by atoms with Gasteiger partial charge in [-0.25, -0.2) is 22.0 Å². The van der Waals surface area contributed by atoms with Crippen molar-refractivity contribution in [3.8, 4) is 5.75 Å². The standard InChI is InChI=1S/C14H10BF5O/c1-6-3-9(17)11(13(20)12(6)19)15-8-4-7(16)5-10(18)14(8)21-2/h3-5,15H,1-2H3. The predicted octanol–water partition coefficient (Wildman–Crippen LogP) is 2.09. The molecule has 0 aliphatic carbocycles. The van der Waals surface area contributed by atoms with Gasteiger partial charge in [-0.05, 0) is 35.5 Å². The Hall–Kier alpha value is -2.05. The highest BCUT2D eigenvalue weighted by Crippen LogP contribution is 2.16. The van der Waals surface area contributed by atoms with Gasteiger partial charge in [-0.2, -0.15) is 0 Å². The van der Waals surface area contributed by atoms with E-state index < -0.39 is 41.8 Å². The quantitative estimate of drug-likeness (QED) is 0.479. The fraction of sp³-hybridized carbons (Fsp3) is 0.143. The van der Waals surface area contributed by atoms with Crippen LogP contribution in [-0.4, -0.2) is 14.4 Å². The zero-order valence-electron chi connectivity index (χ0n) is 11.2. The van der Waals surface area contributed by atoms with Gasteiger partial charge in [0.15, 0.2) is 17.5 Å². The van der Waals surface area contributed by atoms with Crippen LogP contribution in [0, 0.1) is 36.0 Å².